The largest absolute Gasteiger partial charge is 0.461 e. The summed E-state index contributed by atoms with van der Waals surface area (Å²) < 4.78 is 7.55. The Morgan fingerprint density at radius 3 is 2.31 bits per heavy atom. The SMILES string of the molecule is CC(C)Cn1c(SC(C)C(=O)N(C(C)C)C(C)C)nnc1-c1ccco1. The van der Waals surface area contributed by atoms with E-state index >= 15 is 0 Å². The van der Waals surface area contributed by atoms with Gasteiger partial charge < -0.3 is 9.32 Å². The zero-order chi connectivity index (χ0) is 19.4. The molecule has 0 N–H and O–H groups in total. The number of furan rings is 1. The fourth-order valence-electron chi connectivity index (χ4n) is 3.02. The number of amides is 1. The fraction of sp³-hybridized carbons (Fsp3) is 0.632. The molecule has 1 amide bonds. The van der Waals surface area contributed by atoms with Gasteiger partial charge in [-0.2, -0.15) is 0 Å². The van der Waals surface area contributed by atoms with E-state index in [4.69, 9.17) is 4.42 Å². The molecule has 0 radical (unpaired) electrons. The van der Waals surface area contributed by atoms with Crippen molar-refractivity contribution in [2.75, 3.05) is 0 Å². The highest BCUT2D eigenvalue weighted by molar-refractivity contribution is 8.00. The normalized spacial score (nSPS) is 13.0. The molecule has 0 aliphatic rings. The lowest BCUT2D eigenvalue weighted by Gasteiger charge is -2.32. The Kier molecular flexibility index (Phi) is 6.92. The first-order chi connectivity index (χ1) is 12.2. The second kappa shape index (κ2) is 8.75. The summed E-state index contributed by atoms with van der Waals surface area (Å²) in [6.45, 7) is 15.2. The third kappa shape index (κ3) is 4.69. The van der Waals surface area contributed by atoms with Crippen molar-refractivity contribution in [2.24, 2.45) is 5.92 Å². The van der Waals surface area contributed by atoms with Crippen LogP contribution in [0, 0.1) is 5.92 Å². The monoisotopic (exact) mass is 378 g/mol. The van der Waals surface area contributed by atoms with E-state index in [-0.39, 0.29) is 23.2 Å². The van der Waals surface area contributed by atoms with Crippen LogP contribution in [0.3, 0.4) is 0 Å². The summed E-state index contributed by atoms with van der Waals surface area (Å²) in [5.74, 6) is 1.94. The first kappa shape index (κ1) is 20.6. The summed E-state index contributed by atoms with van der Waals surface area (Å²) in [6, 6.07) is 4.05. The van der Waals surface area contributed by atoms with Crippen molar-refractivity contribution in [3.8, 4) is 11.6 Å². The Balaban J connectivity index is 2.27. The standard InChI is InChI=1S/C19H30N4O2S/c1-12(2)11-22-17(16-9-8-10-25-16)20-21-19(22)26-15(7)18(24)23(13(3)4)14(5)6/h8-10,12-15H,11H2,1-7H3. The first-order valence-electron chi connectivity index (χ1n) is 9.18. The van der Waals surface area contributed by atoms with E-state index in [0.29, 0.717) is 17.5 Å². The molecule has 1 unspecified atom stereocenters. The number of carbonyl (C=O) groups excluding carboxylic acids is 1. The molecule has 1 atom stereocenters. The quantitative estimate of drug-likeness (QED) is 0.640. The van der Waals surface area contributed by atoms with Gasteiger partial charge in [-0.15, -0.1) is 10.2 Å². The third-order valence-corrected chi connectivity index (χ3v) is 5.07. The van der Waals surface area contributed by atoms with Gasteiger partial charge in [0.05, 0.1) is 11.5 Å². The zero-order valence-electron chi connectivity index (χ0n) is 16.8. The van der Waals surface area contributed by atoms with E-state index < -0.39 is 0 Å². The number of nitrogens with zero attached hydrogens (tertiary/aromatic N) is 4. The van der Waals surface area contributed by atoms with Crippen LogP contribution in [0.5, 0.6) is 0 Å². The van der Waals surface area contributed by atoms with Gasteiger partial charge in [0.1, 0.15) is 0 Å². The molecule has 0 bridgehead atoms. The molecule has 0 saturated carbocycles. The third-order valence-electron chi connectivity index (χ3n) is 4.00. The second-order valence-corrected chi connectivity index (χ2v) is 8.79. The second-order valence-electron chi connectivity index (χ2n) is 7.48. The maximum Gasteiger partial charge on any atom is 0.236 e. The number of carbonyl (C=O) groups is 1. The number of rotatable bonds is 8. The highest BCUT2D eigenvalue weighted by Crippen LogP contribution is 2.29. The van der Waals surface area contributed by atoms with Crippen molar-refractivity contribution in [3.05, 3.63) is 18.4 Å². The smallest absolute Gasteiger partial charge is 0.236 e. The number of hydrogen-bond donors (Lipinski definition) is 0. The van der Waals surface area contributed by atoms with E-state index in [0.717, 1.165) is 11.7 Å². The Hall–Kier alpha value is -1.76. The van der Waals surface area contributed by atoms with Crippen molar-refractivity contribution in [3.63, 3.8) is 0 Å². The van der Waals surface area contributed by atoms with E-state index in [1.165, 1.54) is 11.8 Å². The number of hydrogen-bond acceptors (Lipinski definition) is 5. The molecule has 6 nitrogen and oxygen atoms in total. The summed E-state index contributed by atoms with van der Waals surface area (Å²) in [5.41, 5.74) is 0. The van der Waals surface area contributed by atoms with Crippen LogP contribution in [0.2, 0.25) is 0 Å². The topological polar surface area (TPSA) is 64.2 Å². The molecule has 7 heteroatoms. The minimum atomic E-state index is -0.237. The molecular weight excluding hydrogens is 348 g/mol. The van der Waals surface area contributed by atoms with Gasteiger partial charge in [0.2, 0.25) is 5.91 Å². The van der Waals surface area contributed by atoms with Crippen molar-refractivity contribution in [2.45, 2.75) is 77.5 Å². The van der Waals surface area contributed by atoms with Gasteiger partial charge in [-0.25, -0.2) is 0 Å². The molecule has 2 heterocycles. The van der Waals surface area contributed by atoms with Crippen LogP contribution in [-0.2, 0) is 11.3 Å². The van der Waals surface area contributed by atoms with Crippen molar-refractivity contribution in [1.82, 2.24) is 19.7 Å². The molecule has 26 heavy (non-hydrogen) atoms. The Labute approximate surface area is 160 Å². The fourth-order valence-corrected chi connectivity index (χ4v) is 3.93. The minimum Gasteiger partial charge on any atom is -0.461 e. The molecule has 2 rings (SSSR count). The van der Waals surface area contributed by atoms with Gasteiger partial charge in [-0.3, -0.25) is 9.36 Å². The molecule has 0 aliphatic heterocycles. The first-order valence-corrected chi connectivity index (χ1v) is 10.1. The highest BCUT2D eigenvalue weighted by Gasteiger charge is 2.28. The van der Waals surface area contributed by atoms with Gasteiger partial charge in [0.25, 0.3) is 0 Å². The van der Waals surface area contributed by atoms with E-state index in [1.807, 2.05) is 56.2 Å². The van der Waals surface area contributed by atoms with Gasteiger partial charge in [0.15, 0.2) is 16.7 Å². The lowest BCUT2D eigenvalue weighted by molar-refractivity contribution is -0.133. The molecule has 0 aliphatic carbocycles. The molecule has 144 valence electrons. The van der Waals surface area contributed by atoms with Crippen LogP contribution >= 0.6 is 11.8 Å². The van der Waals surface area contributed by atoms with E-state index in [2.05, 4.69) is 24.0 Å². The molecule has 2 aromatic heterocycles. The average molecular weight is 379 g/mol. The van der Waals surface area contributed by atoms with Crippen molar-refractivity contribution in [1.29, 1.82) is 0 Å². The van der Waals surface area contributed by atoms with E-state index in [1.54, 1.807) is 6.26 Å². The number of aromatic nitrogens is 3. The predicted molar refractivity (Wildman–Crippen MR) is 105 cm³/mol. The highest BCUT2D eigenvalue weighted by atomic mass is 32.2. The molecule has 2 aromatic rings. The van der Waals surface area contributed by atoms with Gasteiger partial charge >= 0.3 is 0 Å². The van der Waals surface area contributed by atoms with Crippen LogP contribution in [0.25, 0.3) is 11.6 Å². The van der Waals surface area contributed by atoms with Gasteiger partial charge in [-0.1, -0.05) is 25.6 Å². The lowest BCUT2D eigenvalue weighted by atomic mass is 10.2. The van der Waals surface area contributed by atoms with Crippen molar-refractivity contribution < 1.29 is 9.21 Å². The van der Waals surface area contributed by atoms with Crippen LogP contribution in [0.15, 0.2) is 28.0 Å². The maximum atomic E-state index is 12.9. The molecule has 0 spiro atoms. The van der Waals surface area contributed by atoms with E-state index in [9.17, 15) is 4.79 Å². The Morgan fingerprint density at radius 2 is 1.81 bits per heavy atom. The minimum absolute atomic E-state index is 0.124. The van der Waals surface area contributed by atoms with Crippen molar-refractivity contribution >= 4 is 17.7 Å². The lowest BCUT2D eigenvalue weighted by Crippen LogP contribution is -2.45. The average Bonchev–Trinajstić information content (AvgIpc) is 3.16. The number of thioether (sulfide) groups is 1. The Morgan fingerprint density at radius 1 is 1.15 bits per heavy atom. The summed E-state index contributed by atoms with van der Waals surface area (Å²) in [6.07, 6.45) is 1.63. The summed E-state index contributed by atoms with van der Waals surface area (Å²) in [7, 11) is 0. The summed E-state index contributed by atoms with van der Waals surface area (Å²) in [4.78, 5) is 14.9. The summed E-state index contributed by atoms with van der Waals surface area (Å²) >= 11 is 1.46. The predicted octanol–water partition coefficient (Wildman–Crippen LogP) is 4.32. The van der Waals surface area contributed by atoms with Crippen LogP contribution < -0.4 is 0 Å². The summed E-state index contributed by atoms with van der Waals surface area (Å²) in [5, 5.41) is 9.17. The van der Waals surface area contributed by atoms with Gasteiger partial charge in [-0.05, 0) is 52.7 Å². The van der Waals surface area contributed by atoms with Crippen LogP contribution in [0.1, 0.15) is 48.5 Å². The Bertz CT molecular complexity index is 699. The molecule has 0 saturated heterocycles. The van der Waals surface area contributed by atoms with Crippen LogP contribution in [0.4, 0.5) is 0 Å². The molecule has 0 fully saturated rings. The molecule has 0 aromatic carbocycles. The zero-order valence-corrected chi connectivity index (χ0v) is 17.6. The maximum absolute atomic E-state index is 12.9. The van der Waals surface area contributed by atoms with Gasteiger partial charge in [0, 0.05) is 18.6 Å². The molecular formula is C19H30N4O2S. The van der Waals surface area contributed by atoms with Crippen LogP contribution in [-0.4, -0.2) is 42.9 Å².